The number of fused-ring (bicyclic) bond motifs is 3. The van der Waals surface area contributed by atoms with E-state index < -0.39 is 5.41 Å². The predicted molar refractivity (Wildman–Crippen MR) is 98.2 cm³/mol. The fourth-order valence-electron chi connectivity index (χ4n) is 3.72. The average Bonchev–Trinajstić information content (AvgIpc) is 2.80. The van der Waals surface area contributed by atoms with Crippen molar-refractivity contribution in [2.45, 2.75) is 39.8 Å². The molecule has 1 heterocycles. The molecule has 0 bridgehead atoms. The Bertz CT molecular complexity index is 678. The minimum Gasteiger partial charge on any atom is -0.333 e. The van der Waals surface area contributed by atoms with Crippen molar-refractivity contribution in [1.29, 1.82) is 0 Å². The number of carbonyl (C=O) groups is 1. The molecule has 3 heteroatoms. The summed E-state index contributed by atoms with van der Waals surface area (Å²) in [4.78, 5) is 15.3. The quantitative estimate of drug-likeness (QED) is 0.926. The lowest BCUT2D eigenvalue weighted by molar-refractivity contribution is -0.143. The number of amides is 1. The molecule has 0 radical (unpaired) electrons. The third kappa shape index (κ3) is 2.73. The van der Waals surface area contributed by atoms with Gasteiger partial charge < -0.3 is 10.6 Å². The summed E-state index contributed by atoms with van der Waals surface area (Å²) < 4.78 is 0. The zero-order valence-corrected chi connectivity index (χ0v) is 14.6. The van der Waals surface area contributed by atoms with Crippen LogP contribution in [-0.2, 0) is 17.9 Å². The molecule has 0 saturated carbocycles. The van der Waals surface area contributed by atoms with Gasteiger partial charge in [-0.1, -0.05) is 62.4 Å². The van der Waals surface area contributed by atoms with Crippen LogP contribution in [0.1, 0.15) is 37.8 Å². The van der Waals surface area contributed by atoms with E-state index in [-0.39, 0.29) is 5.91 Å². The molecule has 1 amide bonds. The number of hydrogen-bond donors (Lipinski definition) is 1. The highest BCUT2D eigenvalue weighted by molar-refractivity contribution is 5.84. The molecule has 0 aliphatic carbocycles. The molecular weight excluding hydrogens is 296 g/mol. The van der Waals surface area contributed by atoms with Crippen LogP contribution < -0.4 is 5.73 Å². The Morgan fingerprint density at radius 1 is 0.958 bits per heavy atom. The van der Waals surface area contributed by atoms with Gasteiger partial charge in [0.05, 0.1) is 5.41 Å². The van der Waals surface area contributed by atoms with Crippen molar-refractivity contribution < 1.29 is 4.79 Å². The fraction of sp³-hybridized carbons (Fsp3) is 0.381. The number of nitrogens with two attached hydrogens (primary N) is 1. The lowest BCUT2D eigenvalue weighted by Crippen LogP contribution is -2.46. The van der Waals surface area contributed by atoms with Gasteiger partial charge in [-0.05, 0) is 35.1 Å². The van der Waals surface area contributed by atoms with Gasteiger partial charge in [-0.15, -0.1) is 0 Å². The highest BCUT2D eigenvalue weighted by atomic mass is 16.2. The molecule has 2 aromatic carbocycles. The standard InChI is InChI=1S/C21H26N2O/c1-3-21(4-2,15-22)20(24)23-13-16-9-5-7-11-18(16)19-12-8-6-10-17(19)14-23/h5-12H,3-4,13-15,22H2,1-2H3. The van der Waals surface area contributed by atoms with Crippen LogP contribution in [0.25, 0.3) is 11.1 Å². The van der Waals surface area contributed by atoms with Crippen molar-refractivity contribution in [2.24, 2.45) is 11.1 Å². The number of benzene rings is 2. The van der Waals surface area contributed by atoms with Crippen molar-refractivity contribution >= 4 is 5.91 Å². The van der Waals surface area contributed by atoms with Crippen LogP contribution in [0.5, 0.6) is 0 Å². The first-order valence-electron chi connectivity index (χ1n) is 8.81. The summed E-state index contributed by atoms with van der Waals surface area (Å²) in [5, 5.41) is 0. The summed E-state index contributed by atoms with van der Waals surface area (Å²) in [6, 6.07) is 16.8. The summed E-state index contributed by atoms with van der Waals surface area (Å²) in [6.07, 6.45) is 1.55. The van der Waals surface area contributed by atoms with E-state index in [0.717, 1.165) is 12.8 Å². The van der Waals surface area contributed by atoms with Crippen molar-refractivity contribution in [2.75, 3.05) is 6.54 Å². The molecule has 0 saturated heterocycles. The lowest BCUT2D eigenvalue weighted by Gasteiger charge is -2.35. The molecule has 1 aliphatic rings. The van der Waals surface area contributed by atoms with E-state index in [2.05, 4.69) is 50.2 Å². The van der Waals surface area contributed by atoms with E-state index in [4.69, 9.17) is 5.73 Å². The Labute approximate surface area is 144 Å². The molecule has 3 nitrogen and oxygen atoms in total. The maximum atomic E-state index is 13.3. The molecule has 2 aromatic rings. The minimum absolute atomic E-state index is 0.182. The third-order valence-electron chi connectivity index (χ3n) is 5.53. The first-order chi connectivity index (χ1) is 11.6. The van der Waals surface area contributed by atoms with Gasteiger partial charge in [0.25, 0.3) is 0 Å². The third-order valence-corrected chi connectivity index (χ3v) is 5.53. The van der Waals surface area contributed by atoms with E-state index >= 15 is 0 Å². The molecular formula is C21H26N2O. The topological polar surface area (TPSA) is 46.3 Å². The molecule has 0 aromatic heterocycles. The number of rotatable bonds is 4. The van der Waals surface area contributed by atoms with Gasteiger partial charge in [0, 0.05) is 19.6 Å². The second-order valence-corrected chi connectivity index (χ2v) is 6.67. The van der Waals surface area contributed by atoms with Crippen molar-refractivity contribution in [3.8, 4) is 11.1 Å². The molecule has 126 valence electrons. The van der Waals surface area contributed by atoms with Gasteiger partial charge in [0.2, 0.25) is 5.91 Å². The smallest absolute Gasteiger partial charge is 0.230 e. The first-order valence-corrected chi connectivity index (χ1v) is 8.81. The van der Waals surface area contributed by atoms with Crippen LogP contribution >= 0.6 is 0 Å². The zero-order valence-electron chi connectivity index (χ0n) is 14.6. The van der Waals surface area contributed by atoms with E-state index in [1.54, 1.807) is 0 Å². The Morgan fingerprint density at radius 3 is 1.83 bits per heavy atom. The number of hydrogen-bond acceptors (Lipinski definition) is 2. The van der Waals surface area contributed by atoms with E-state index in [0.29, 0.717) is 19.6 Å². The fourth-order valence-corrected chi connectivity index (χ4v) is 3.72. The Hall–Kier alpha value is -2.13. The van der Waals surface area contributed by atoms with Crippen LogP contribution in [0, 0.1) is 5.41 Å². The van der Waals surface area contributed by atoms with E-state index in [1.165, 1.54) is 22.3 Å². The molecule has 3 rings (SSSR count). The average molecular weight is 322 g/mol. The predicted octanol–water partition coefficient (Wildman–Crippen LogP) is 3.96. The largest absolute Gasteiger partial charge is 0.333 e. The molecule has 1 aliphatic heterocycles. The van der Waals surface area contributed by atoms with Crippen molar-refractivity contribution in [1.82, 2.24) is 4.90 Å². The second-order valence-electron chi connectivity index (χ2n) is 6.67. The van der Waals surface area contributed by atoms with E-state index in [9.17, 15) is 4.79 Å². The van der Waals surface area contributed by atoms with Gasteiger partial charge in [-0.25, -0.2) is 0 Å². The minimum atomic E-state index is -0.450. The molecule has 0 atom stereocenters. The summed E-state index contributed by atoms with van der Waals surface area (Å²) in [5.41, 5.74) is 10.4. The van der Waals surface area contributed by atoms with Crippen LogP contribution in [0.3, 0.4) is 0 Å². The number of carbonyl (C=O) groups excluding carboxylic acids is 1. The lowest BCUT2D eigenvalue weighted by atomic mass is 9.80. The molecule has 0 fully saturated rings. The normalized spacial score (nSPS) is 13.9. The first kappa shape index (κ1) is 16.7. The summed E-state index contributed by atoms with van der Waals surface area (Å²) in [7, 11) is 0. The monoisotopic (exact) mass is 322 g/mol. The second kappa shape index (κ2) is 6.78. The highest BCUT2D eigenvalue weighted by Gasteiger charge is 2.37. The van der Waals surface area contributed by atoms with Crippen LogP contribution in [-0.4, -0.2) is 17.4 Å². The summed E-state index contributed by atoms with van der Waals surface area (Å²) >= 11 is 0. The van der Waals surface area contributed by atoms with Crippen LogP contribution in [0.15, 0.2) is 48.5 Å². The van der Waals surface area contributed by atoms with E-state index in [1.807, 2.05) is 17.0 Å². The highest BCUT2D eigenvalue weighted by Crippen LogP contribution is 2.35. The maximum Gasteiger partial charge on any atom is 0.230 e. The zero-order chi connectivity index (χ0) is 17.2. The van der Waals surface area contributed by atoms with Crippen LogP contribution in [0.2, 0.25) is 0 Å². The molecule has 0 unspecified atom stereocenters. The maximum absolute atomic E-state index is 13.3. The summed E-state index contributed by atoms with van der Waals surface area (Å²) in [5.74, 6) is 0.182. The Morgan fingerprint density at radius 2 is 1.42 bits per heavy atom. The van der Waals surface area contributed by atoms with Gasteiger partial charge in [-0.3, -0.25) is 4.79 Å². The van der Waals surface area contributed by atoms with Gasteiger partial charge >= 0.3 is 0 Å². The van der Waals surface area contributed by atoms with Crippen LogP contribution in [0.4, 0.5) is 0 Å². The number of nitrogens with zero attached hydrogens (tertiary/aromatic N) is 1. The van der Waals surface area contributed by atoms with Gasteiger partial charge in [0.15, 0.2) is 0 Å². The summed E-state index contributed by atoms with van der Waals surface area (Å²) in [6.45, 7) is 5.82. The SMILES string of the molecule is CCC(CC)(CN)C(=O)N1Cc2ccccc2-c2ccccc2C1. The molecule has 24 heavy (non-hydrogen) atoms. The van der Waals surface area contributed by atoms with Gasteiger partial charge in [0.1, 0.15) is 0 Å². The molecule has 0 spiro atoms. The van der Waals surface area contributed by atoms with Gasteiger partial charge in [-0.2, -0.15) is 0 Å². The van der Waals surface area contributed by atoms with Crippen molar-refractivity contribution in [3.63, 3.8) is 0 Å². The van der Waals surface area contributed by atoms with Crippen molar-refractivity contribution in [3.05, 3.63) is 59.7 Å². The Kier molecular flexibility index (Phi) is 4.72. The molecule has 2 N–H and O–H groups in total. The Balaban J connectivity index is 2.06.